The van der Waals surface area contributed by atoms with Gasteiger partial charge in [-0.1, -0.05) is 41.5 Å². The summed E-state index contributed by atoms with van der Waals surface area (Å²) in [6.45, 7) is 5.73. The minimum Gasteiger partial charge on any atom is -0.482 e. The van der Waals surface area contributed by atoms with Crippen molar-refractivity contribution in [3.8, 4) is 5.75 Å². The molecule has 8 heteroatoms. The highest BCUT2D eigenvalue weighted by Crippen LogP contribution is 2.32. The Morgan fingerprint density at radius 3 is 2.70 bits per heavy atom. The number of carbonyl (C=O) groups excluding carboxylic acids is 1. The number of ether oxygens (including phenoxy) is 2. The van der Waals surface area contributed by atoms with Crippen LogP contribution in [0.5, 0.6) is 5.75 Å². The Bertz CT molecular complexity index is 704. The van der Waals surface area contributed by atoms with Crippen LogP contribution in [0.25, 0.3) is 0 Å². The Hall–Kier alpha value is -1.37. The van der Waals surface area contributed by atoms with Crippen LogP contribution in [0.4, 0.5) is 0 Å². The molecule has 0 saturated carbocycles. The smallest absolute Gasteiger partial charge is 0.344 e. The molecule has 124 valence electrons. The summed E-state index contributed by atoms with van der Waals surface area (Å²) in [5, 5.41) is 4.44. The molecule has 0 aliphatic carbocycles. The Morgan fingerprint density at radius 2 is 2.09 bits per heavy atom. The van der Waals surface area contributed by atoms with Crippen molar-refractivity contribution in [3.63, 3.8) is 0 Å². The van der Waals surface area contributed by atoms with Gasteiger partial charge in [-0.15, -0.1) is 5.10 Å². The molecule has 2 aromatic rings. The Labute approximate surface area is 148 Å². The second kappa shape index (κ2) is 7.95. The minimum atomic E-state index is -0.503. The third kappa shape index (κ3) is 4.80. The van der Waals surface area contributed by atoms with Gasteiger partial charge in [0.1, 0.15) is 22.4 Å². The van der Waals surface area contributed by atoms with E-state index in [9.17, 15) is 4.79 Å². The van der Waals surface area contributed by atoms with Gasteiger partial charge >= 0.3 is 5.97 Å². The van der Waals surface area contributed by atoms with Crippen molar-refractivity contribution in [2.24, 2.45) is 0 Å². The van der Waals surface area contributed by atoms with Crippen LogP contribution in [-0.4, -0.2) is 22.2 Å². The molecule has 1 heterocycles. The van der Waals surface area contributed by atoms with Crippen LogP contribution in [0.3, 0.4) is 0 Å². The fraction of sp³-hybridized carbons (Fsp3) is 0.400. The number of nitrogens with zero attached hydrogens (tertiary/aromatic N) is 2. The number of carbonyl (C=O) groups is 1. The third-order valence-electron chi connectivity index (χ3n) is 3.14. The number of benzene rings is 1. The van der Waals surface area contributed by atoms with Crippen molar-refractivity contribution < 1.29 is 14.3 Å². The standard InChI is InChI=1S/C15H16Cl2N2O3S/c1-8(2)10-5-11(16)9(3)4-13(10)21-7-14(20)22-6-12-15(17)23-19-18-12/h4-5,8H,6-7H2,1-3H3. The second-order valence-electron chi connectivity index (χ2n) is 5.24. The molecule has 1 aromatic carbocycles. The summed E-state index contributed by atoms with van der Waals surface area (Å²) >= 11 is 13.0. The first-order valence-corrected chi connectivity index (χ1v) is 8.46. The van der Waals surface area contributed by atoms with Gasteiger partial charge in [-0.2, -0.15) is 0 Å². The van der Waals surface area contributed by atoms with Crippen molar-refractivity contribution >= 4 is 40.7 Å². The van der Waals surface area contributed by atoms with Gasteiger partial charge < -0.3 is 9.47 Å². The van der Waals surface area contributed by atoms with Gasteiger partial charge in [0, 0.05) is 16.6 Å². The fourth-order valence-electron chi connectivity index (χ4n) is 1.86. The average molecular weight is 375 g/mol. The molecule has 0 aliphatic heterocycles. The molecule has 0 radical (unpaired) electrons. The van der Waals surface area contributed by atoms with Crippen LogP contribution in [0.2, 0.25) is 9.36 Å². The van der Waals surface area contributed by atoms with E-state index < -0.39 is 5.97 Å². The molecule has 0 bridgehead atoms. The summed E-state index contributed by atoms with van der Waals surface area (Å²) in [5.41, 5.74) is 2.27. The number of rotatable bonds is 6. The van der Waals surface area contributed by atoms with E-state index in [2.05, 4.69) is 9.59 Å². The molecule has 0 saturated heterocycles. The first-order valence-electron chi connectivity index (χ1n) is 6.93. The van der Waals surface area contributed by atoms with E-state index in [1.165, 1.54) is 0 Å². The lowest BCUT2D eigenvalue weighted by atomic mass is 10.0. The summed E-state index contributed by atoms with van der Waals surface area (Å²) in [7, 11) is 0. The van der Waals surface area contributed by atoms with Gasteiger partial charge in [0.05, 0.1) is 0 Å². The van der Waals surface area contributed by atoms with Crippen LogP contribution < -0.4 is 4.74 Å². The van der Waals surface area contributed by atoms with Crippen molar-refractivity contribution in [1.29, 1.82) is 0 Å². The summed E-state index contributed by atoms with van der Waals surface area (Å²) < 4.78 is 14.7. The van der Waals surface area contributed by atoms with Crippen LogP contribution in [-0.2, 0) is 16.1 Å². The van der Waals surface area contributed by atoms with Gasteiger partial charge in [0.15, 0.2) is 6.61 Å². The molecule has 0 fully saturated rings. The topological polar surface area (TPSA) is 61.3 Å². The highest BCUT2D eigenvalue weighted by atomic mass is 35.5. The number of hydrogen-bond acceptors (Lipinski definition) is 6. The Morgan fingerprint density at radius 1 is 1.35 bits per heavy atom. The van der Waals surface area contributed by atoms with Gasteiger partial charge in [-0.25, -0.2) is 4.79 Å². The molecule has 0 aliphatic rings. The van der Waals surface area contributed by atoms with Crippen molar-refractivity contribution in [2.45, 2.75) is 33.3 Å². The van der Waals surface area contributed by atoms with Crippen LogP contribution in [0, 0.1) is 6.92 Å². The highest BCUT2D eigenvalue weighted by Gasteiger charge is 2.14. The van der Waals surface area contributed by atoms with E-state index in [1.807, 2.05) is 32.9 Å². The first-order chi connectivity index (χ1) is 10.9. The summed E-state index contributed by atoms with van der Waals surface area (Å²) in [4.78, 5) is 11.8. The quantitative estimate of drug-likeness (QED) is 0.701. The number of hydrogen-bond donors (Lipinski definition) is 0. The largest absolute Gasteiger partial charge is 0.482 e. The molecule has 0 unspecified atom stereocenters. The molecular formula is C15H16Cl2N2O3S. The number of halogens is 2. The van der Waals surface area contributed by atoms with E-state index in [0.717, 1.165) is 22.7 Å². The maximum Gasteiger partial charge on any atom is 0.344 e. The van der Waals surface area contributed by atoms with Gasteiger partial charge in [-0.05, 0) is 36.1 Å². The zero-order valence-electron chi connectivity index (χ0n) is 12.9. The molecular weight excluding hydrogens is 359 g/mol. The van der Waals surface area contributed by atoms with Crippen molar-refractivity contribution in [3.05, 3.63) is 38.3 Å². The molecule has 5 nitrogen and oxygen atoms in total. The maximum atomic E-state index is 11.8. The average Bonchev–Trinajstić information content (AvgIpc) is 2.91. The van der Waals surface area contributed by atoms with Crippen LogP contribution >= 0.6 is 34.7 Å². The summed E-state index contributed by atoms with van der Waals surface area (Å²) in [6, 6.07) is 3.69. The zero-order valence-corrected chi connectivity index (χ0v) is 15.3. The van der Waals surface area contributed by atoms with Crippen LogP contribution in [0.1, 0.15) is 36.6 Å². The molecule has 0 amide bonds. The predicted molar refractivity (Wildman–Crippen MR) is 90.5 cm³/mol. The highest BCUT2D eigenvalue weighted by molar-refractivity contribution is 7.10. The minimum absolute atomic E-state index is 0.0196. The SMILES string of the molecule is Cc1cc(OCC(=O)OCc2nnsc2Cl)c(C(C)C)cc1Cl. The van der Waals surface area contributed by atoms with E-state index >= 15 is 0 Å². The number of aromatic nitrogens is 2. The Balaban J connectivity index is 1.96. The second-order valence-corrected chi connectivity index (χ2v) is 7.00. The lowest BCUT2D eigenvalue weighted by Gasteiger charge is -2.15. The normalized spacial score (nSPS) is 10.9. The predicted octanol–water partition coefficient (Wildman–Crippen LogP) is 4.40. The van der Waals surface area contributed by atoms with Gasteiger partial charge in [0.25, 0.3) is 0 Å². The van der Waals surface area contributed by atoms with Gasteiger partial charge in [-0.3, -0.25) is 0 Å². The Kier molecular flexibility index (Phi) is 6.21. The van der Waals surface area contributed by atoms with Gasteiger partial charge in [0.2, 0.25) is 0 Å². The zero-order chi connectivity index (χ0) is 17.0. The molecule has 23 heavy (non-hydrogen) atoms. The van der Waals surface area contributed by atoms with Crippen LogP contribution in [0.15, 0.2) is 12.1 Å². The fourth-order valence-corrected chi connectivity index (χ4v) is 2.63. The molecule has 1 aromatic heterocycles. The third-order valence-corrected chi connectivity index (χ3v) is 4.53. The van der Waals surface area contributed by atoms with E-state index in [0.29, 0.717) is 20.8 Å². The number of aryl methyl sites for hydroxylation is 1. The maximum absolute atomic E-state index is 11.8. The van der Waals surface area contributed by atoms with E-state index in [4.69, 9.17) is 32.7 Å². The van der Waals surface area contributed by atoms with E-state index in [-0.39, 0.29) is 19.1 Å². The monoisotopic (exact) mass is 374 g/mol. The molecule has 0 atom stereocenters. The summed E-state index contributed by atoms with van der Waals surface area (Å²) in [6.07, 6.45) is 0. The lowest BCUT2D eigenvalue weighted by molar-refractivity contribution is -0.147. The molecule has 0 N–H and O–H groups in total. The lowest BCUT2D eigenvalue weighted by Crippen LogP contribution is -2.16. The van der Waals surface area contributed by atoms with Crippen molar-refractivity contribution in [1.82, 2.24) is 9.59 Å². The van der Waals surface area contributed by atoms with E-state index in [1.54, 1.807) is 0 Å². The summed E-state index contributed by atoms with van der Waals surface area (Å²) in [5.74, 6) is 0.350. The molecule has 0 spiro atoms. The molecule has 2 rings (SSSR count). The van der Waals surface area contributed by atoms with Crippen molar-refractivity contribution in [2.75, 3.05) is 6.61 Å². The first kappa shape index (κ1) is 18.0. The number of esters is 1.